The Morgan fingerprint density at radius 1 is 0.952 bits per heavy atom. The third-order valence-corrected chi connectivity index (χ3v) is 7.73. The lowest BCUT2D eigenvalue weighted by molar-refractivity contribution is -0.266. The average molecular weight is 347 g/mol. The summed E-state index contributed by atoms with van der Waals surface area (Å²) in [6.45, 7) is 18.5. The molecule has 0 bridgehead atoms. The van der Waals surface area contributed by atoms with E-state index in [2.05, 4.69) is 46.3 Å². The van der Waals surface area contributed by atoms with Gasteiger partial charge in [0.1, 0.15) is 0 Å². The van der Waals surface area contributed by atoms with Crippen molar-refractivity contribution in [2.45, 2.75) is 71.2 Å². The fourth-order valence-corrected chi connectivity index (χ4v) is 4.97. The predicted molar refractivity (Wildman–Crippen MR) is 100 cm³/mol. The first kappa shape index (κ1) is 21.0. The molecule has 0 N–H and O–H groups in total. The fraction of sp³-hybridized carbons (Fsp3) is 0.733. The molecule has 124 valence electrons. The van der Waals surface area contributed by atoms with Crippen molar-refractivity contribution < 1.29 is 13.3 Å². The molecule has 21 heavy (non-hydrogen) atoms. The highest BCUT2D eigenvalue weighted by Gasteiger charge is 2.41. The van der Waals surface area contributed by atoms with Gasteiger partial charge >= 0.3 is 0 Å². The van der Waals surface area contributed by atoms with Gasteiger partial charge in [0.15, 0.2) is 10.5 Å². The molecular weight excluding hydrogens is 312 g/mol. The summed E-state index contributed by atoms with van der Waals surface area (Å²) >= 11 is 0. The van der Waals surface area contributed by atoms with Crippen molar-refractivity contribution in [2.75, 3.05) is 0 Å². The zero-order chi connectivity index (χ0) is 16.6. The maximum Gasteiger partial charge on any atom is 0.254 e. The van der Waals surface area contributed by atoms with Crippen molar-refractivity contribution in [3.63, 3.8) is 0 Å². The molecule has 0 aliphatic carbocycles. The monoisotopic (exact) mass is 346 g/mol. The summed E-state index contributed by atoms with van der Waals surface area (Å²) in [5.74, 6) is -0.895. The maximum atomic E-state index is 6.34. The van der Waals surface area contributed by atoms with Crippen LogP contribution >= 0.6 is 0 Å². The third-order valence-electron chi connectivity index (χ3n) is 3.47. The van der Waals surface area contributed by atoms with Crippen LogP contribution in [0, 0.1) is 0 Å². The second-order valence-electron chi connectivity index (χ2n) is 6.52. The number of unbranched alkanes of at least 4 members (excludes halogenated alkanes) is 3. The van der Waals surface area contributed by atoms with E-state index in [1.807, 2.05) is 11.4 Å². The SMILES string of the molecule is C=C[Si](C)(C)OC(CCCCCC)(O[SiH3])O[Si](C)(C)C=C. The van der Waals surface area contributed by atoms with Crippen molar-refractivity contribution in [1.29, 1.82) is 0 Å². The van der Waals surface area contributed by atoms with Crippen molar-refractivity contribution in [3.8, 4) is 0 Å². The summed E-state index contributed by atoms with van der Waals surface area (Å²) in [4.78, 5) is 0. The summed E-state index contributed by atoms with van der Waals surface area (Å²) < 4.78 is 18.5. The zero-order valence-corrected chi connectivity index (χ0v) is 18.8. The fourth-order valence-electron chi connectivity index (χ4n) is 1.96. The minimum absolute atomic E-state index is 0.583. The molecule has 0 heterocycles. The van der Waals surface area contributed by atoms with Crippen LogP contribution in [0.2, 0.25) is 26.2 Å². The lowest BCUT2D eigenvalue weighted by atomic mass is 10.1. The van der Waals surface area contributed by atoms with E-state index >= 15 is 0 Å². The Morgan fingerprint density at radius 2 is 1.43 bits per heavy atom. The smallest absolute Gasteiger partial charge is 0.254 e. The highest BCUT2D eigenvalue weighted by molar-refractivity contribution is 6.77. The Hall–Kier alpha value is 0.0106. The Morgan fingerprint density at radius 3 is 1.76 bits per heavy atom. The van der Waals surface area contributed by atoms with E-state index in [-0.39, 0.29) is 0 Å². The van der Waals surface area contributed by atoms with Gasteiger partial charge < -0.3 is 13.3 Å². The summed E-state index contributed by atoms with van der Waals surface area (Å²) in [6, 6.07) is 0. The largest absolute Gasteiger partial charge is 0.382 e. The molecule has 0 aliphatic rings. The first-order valence-corrected chi connectivity index (χ1v) is 14.7. The Bertz CT molecular complexity index is 308. The van der Waals surface area contributed by atoms with Crippen LogP contribution < -0.4 is 0 Å². The quantitative estimate of drug-likeness (QED) is 0.305. The lowest BCUT2D eigenvalue weighted by Crippen LogP contribution is -2.52. The Labute approximate surface area is 136 Å². The van der Waals surface area contributed by atoms with Crippen molar-refractivity contribution in [1.82, 2.24) is 0 Å². The van der Waals surface area contributed by atoms with Gasteiger partial charge in [-0.2, -0.15) is 0 Å². The van der Waals surface area contributed by atoms with Crippen LogP contribution in [0.4, 0.5) is 0 Å². The van der Waals surface area contributed by atoms with Crippen LogP contribution in [0.5, 0.6) is 0 Å². The van der Waals surface area contributed by atoms with Gasteiger partial charge in [-0.3, -0.25) is 0 Å². The van der Waals surface area contributed by atoms with Crippen LogP contribution in [0.1, 0.15) is 39.0 Å². The highest BCUT2D eigenvalue weighted by Crippen LogP contribution is 2.30. The van der Waals surface area contributed by atoms with Gasteiger partial charge in [-0.25, -0.2) is 0 Å². The summed E-state index contributed by atoms with van der Waals surface area (Å²) in [7, 11) is -3.40. The standard InChI is InChI=1S/C15H34O3Si3/c1-8-11-12-13-14-15(16-19,17-20(4,5)9-2)18-21(6,7)10-3/h9-10H,2-3,8,11-14H2,1,4-7,19H3. The topological polar surface area (TPSA) is 27.7 Å². The van der Waals surface area contributed by atoms with Gasteiger partial charge in [0.05, 0.1) is 0 Å². The van der Waals surface area contributed by atoms with Crippen LogP contribution in [-0.4, -0.2) is 33.1 Å². The molecule has 0 atom stereocenters. The second kappa shape index (κ2) is 9.22. The van der Waals surface area contributed by atoms with E-state index in [9.17, 15) is 0 Å². The molecule has 0 rings (SSSR count). The molecule has 0 saturated heterocycles. The molecule has 0 saturated carbocycles. The summed E-state index contributed by atoms with van der Waals surface area (Å²) in [5, 5.41) is 0. The van der Waals surface area contributed by atoms with E-state index < -0.39 is 22.6 Å². The molecule has 0 aliphatic heterocycles. The van der Waals surface area contributed by atoms with Crippen LogP contribution in [0.3, 0.4) is 0 Å². The number of hydrogen-bond acceptors (Lipinski definition) is 3. The molecule has 0 aromatic carbocycles. The summed E-state index contributed by atoms with van der Waals surface area (Å²) in [5.41, 5.74) is 3.86. The zero-order valence-electron chi connectivity index (χ0n) is 14.8. The van der Waals surface area contributed by atoms with Crippen LogP contribution in [0.15, 0.2) is 24.6 Å². The molecule has 3 nitrogen and oxygen atoms in total. The highest BCUT2D eigenvalue weighted by atomic mass is 28.4. The van der Waals surface area contributed by atoms with Gasteiger partial charge in [-0.1, -0.05) is 37.6 Å². The van der Waals surface area contributed by atoms with Gasteiger partial charge in [0, 0.05) is 6.42 Å². The average Bonchev–Trinajstić information content (AvgIpc) is 2.42. The van der Waals surface area contributed by atoms with E-state index in [1.165, 1.54) is 19.3 Å². The van der Waals surface area contributed by atoms with Gasteiger partial charge in [0.25, 0.3) is 5.97 Å². The normalized spacial score (nSPS) is 13.4. The molecule has 0 aromatic heterocycles. The second-order valence-corrected chi connectivity index (χ2v) is 14.6. The third kappa shape index (κ3) is 8.27. The van der Waals surface area contributed by atoms with Crippen molar-refractivity contribution >= 4 is 27.1 Å². The first-order valence-electron chi connectivity index (χ1n) is 7.88. The minimum Gasteiger partial charge on any atom is -0.382 e. The summed E-state index contributed by atoms with van der Waals surface area (Å²) in [6.07, 6.45) is 5.48. The molecular formula is C15H34O3Si3. The van der Waals surface area contributed by atoms with Gasteiger partial charge in [-0.05, 0) is 32.6 Å². The van der Waals surface area contributed by atoms with E-state index in [1.54, 1.807) is 0 Å². The predicted octanol–water partition coefficient (Wildman–Crippen LogP) is 3.80. The Kier molecular flexibility index (Phi) is 9.22. The number of hydrogen-bond donors (Lipinski definition) is 0. The maximum absolute atomic E-state index is 6.34. The van der Waals surface area contributed by atoms with Gasteiger partial charge in [0.2, 0.25) is 16.6 Å². The van der Waals surface area contributed by atoms with Crippen LogP contribution in [-0.2, 0) is 13.3 Å². The van der Waals surface area contributed by atoms with Crippen molar-refractivity contribution in [2.24, 2.45) is 0 Å². The van der Waals surface area contributed by atoms with Crippen molar-refractivity contribution in [3.05, 3.63) is 24.6 Å². The van der Waals surface area contributed by atoms with Gasteiger partial charge in [-0.15, -0.1) is 13.2 Å². The molecule has 0 unspecified atom stereocenters. The number of rotatable bonds is 12. The molecule has 0 radical (unpaired) electrons. The lowest BCUT2D eigenvalue weighted by Gasteiger charge is -2.42. The molecule has 6 heteroatoms. The molecule has 0 amide bonds. The molecule has 0 fully saturated rings. The first-order chi connectivity index (χ1) is 9.66. The van der Waals surface area contributed by atoms with Crippen LogP contribution in [0.25, 0.3) is 0 Å². The van der Waals surface area contributed by atoms with E-state index in [4.69, 9.17) is 13.3 Å². The Balaban J connectivity index is 5.08. The molecule has 0 spiro atoms. The minimum atomic E-state index is -1.99. The van der Waals surface area contributed by atoms with E-state index in [0.29, 0.717) is 10.5 Å². The van der Waals surface area contributed by atoms with E-state index in [0.717, 1.165) is 12.8 Å². The molecule has 0 aromatic rings.